The van der Waals surface area contributed by atoms with Crippen LogP contribution < -0.4 is 5.32 Å². The molecule has 0 spiro atoms. The van der Waals surface area contributed by atoms with E-state index in [1.807, 2.05) is 32.3 Å². The summed E-state index contributed by atoms with van der Waals surface area (Å²) in [6.07, 6.45) is 1.87. The minimum Gasteiger partial charge on any atom is -0.309 e. The number of halogens is 2. The molecule has 1 aromatic heterocycles. The minimum atomic E-state index is 0.0346. The zero-order valence-corrected chi connectivity index (χ0v) is 11.8. The lowest BCUT2D eigenvalue weighted by atomic mass is 10.1. The predicted octanol–water partition coefficient (Wildman–Crippen LogP) is 4.07. The topological polar surface area (TPSA) is 24.9 Å². The van der Waals surface area contributed by atoms with Crippen LogP contribution in [-0.4, -0.2) is 12.0 Å². The van der Waals surface area contributed by atoms with Crippen molar-refractivity contribution in [2.45, 2.75) is 13.0 Å². The van der Waals surface area contributed by atoms with E-state index >= 15 is 0 Å². The van der Waals surface area contributed by atoms with Gasteiger partial charge in [0.05, 0.1) is 21.1 Å². The predicted molar refractivity (Wildman–Crippen MR) is 74.2 cm³/mol. The Hall–Kier alpha value is -0.610. The molecule has 0 saturated carbocycles. The van der Waals surface area contributed by atoms with Crippen molar-refractivity contribution in [1.82, 2.24) is 10.3 Å². The van der Waals surface area contributed by atoms with E-state index in [1.54, 1.807) is 17.4 Å². The molecule has 1 unspecified atom stereocenters. The van der Waals surface area contributed by atoms with Crippen molar-refractivity contribution in [3.8, 4) is 0 Å². The van der Waals surface area contributed by atoms with Crippen LogP contribution >= 0.6 is 34.5 Å². The molecule has 2 nitrogen and oxygen atoms in total. The van der Waals surface area contributed by atoms with Crippen LogP contribution in [0.3, 0.4) is 0 Å². The van der Waals surface area contributed by atoms with Crippen LogP contribution in [0.1, 0.15) is 21.5 Å². The minimum absolute atomic E-state index is 0.0346. The molecule has 0 bridgehead atoms. The molecule has 0 saturated heterocycles. The lowest BCUT2D eigenvalue weighted by molar-refractivity contribution is 0.702. The fraction of sp³-hybridized carbons (Fsp3) is 0.250. The van der Waals surface area contributed by atoms with Crippen molar-refractivity contribution >= 4 is 34.5 Å². The van der Waals surface area contributed by atoms with Crippen LogP contribution in [0.4, 0.5) is 0 Å². The number of aromatic nitrogens is 1. The van der Waals surface area contributed by atoms with Gasteiger partial charge in [-0.3, -0.25) is 0 Å². The van der Waals surface area contributed by atoms with Crippen LogP contribution in [0.2, 0.25) is 10.0 Å². The number of benzene rings is 1. The first-order valence-corrected chi connectivity index (χ1v) is 6.74. The molecule has 0 aliphatic carbocycles. The van der Waals surface area contributed by atoms with E-state index in [2.05, 4.69) is 10.3 Å². The Labute approximate surface area is 115 Å². The van der Waals surface area contributed by atoms with Crippen molar-refractivity contribution in [3.63, 3.8) is 0 Å². The average Bonchev–Trinajstić information content (AvgIpc) is 2.72. The number of aryl methyl sites for hydroxylation is 1. The third-order valence-electron chi connectivity index (χ3n) is 2.50. The van der Waals surface area contributed by atoms with Crippen molar-refractivity contribution in [1.29, 1.82) is 0 Å². The van der Waals surface area contributed by atoms with Crippen molar-refractivity contribution < 1.29 is 0 Å². The van der Waals surface area contributed by atoms with Gasteiger partial charge in [0.2, 0.25) is 0 Å². The summed E-state index contributed by atoms with van der Waals surface area (Å²) in [5.41, 5.74) is 0.977. The van der Waals surface area contributed by atoms with Crippen LogP contribution in [0.15, 0.2) is 24.4 Å². The van der Waals surface area contributed by atoms with Gasteiger partial charge in [-0.05, 0) is 25.6 Å². The van der Waals surface area contributed by atoms with Gasteiger partial charge < -0.3 is 5.32 Å². The maximum Gasteiger partial charge on any atom is 0.0897 e. The zero-order chi connectivity index (χ0) is 12.4. The number of nitrogens with one attached hydrogen (secondary N) is 1. The van der Waals surface area contributed by atoms with Gasteiger partial charge in [0.15, 0.2) is 0 Å². The van der Waals surface area contributed by atoms with E-state index < -0.39 is 0 Å². The van der Waals surface area contributed by atoms with Gasteiger partial charge >= 0.3 is 0 Å². The Kier molecular flexibility index (Phi) is 4.05. The monoisotopic (exact) mass is 286 g/mol. The SMILES string of the molecule is CNC(c1cnc(C)s1)c1cccc(Cl)c1Cl. The van der Waals surface area contributed by atoms with Gasteiger partial charge in [0, 0.05) is 11.1 Å². The first kappa shape index (κ1) is 12.8. The molecule has 1 aromatic carbocycles. The highest BCUT2D eigenvalue weighted by molar-refractivity contribution is 7.11. The Balaban J connectivity index is 2.45. The van der Waals surface area contributed by atoms with Crippen LogP contribution in [0, 0.1) is 6.92 Å². The Morgan fingerprint density at radius 1 is 1.35 bits per heavy atom. The molecule has 0 radical (unpaired) electrons. The van der Waals surface area contributed by atoms with Crippen LogP contribution in [0.25, 0.3) is 0 Å². The highest BCUT2D eigenvalue weighted by atomic mass is 35.5. The molecule has 0 fully saturated rings. The summed E-state index contributed by atoms with van der Waals surface area (Å²) < 4.78 is 0. The molecule has 90 valence electrons. The second kappa shape index (κ2) is 5.36. The van der Waals surface area contributed by atoms with E-state index in [4.69, 9.17) is 23.2 Å². The average molecular weight is 287 g/mol. The normalized spacial score (nSPS) is 12.7. The number of hydrogen-bond acceptors (Lipinski definition) is 3. The molecule has 0 amide bonds. The molecule has 5 heteroatoms. The second-order valence-corrected chi connectivity index (χ2v) is 5.70. The van der Waals surface area contributed by atoms with Crippen LogP contribution in [0.5, 0.6) is 0 Å². The first-order chi connectivity index (χ1) is 8.13. The number of thiazole rings is 1. The van der Waals surface area contributed by atoms with Gasteiger partial charge in [-0.1, -0.05) is 35.3 Å². The molecular formula is C12H12Cl2N2S. The number of rotatable bonds is 3. The summed E-state index contributed by atoms with van der Waals surface area (Å²) in [5.74, 6) is 0. The summed E-state index contributed by atoms with van der Waals surface area (Å²) in [6.45, 7) is 1.99. The van der Waals surface area contributed by atoms with Gasteiger partial charge in [-0.15, -0.1) is 11.3 Å². The smallest absolute Gasteiger partial charge is 0.0897 e. The molecule has 1 N–H and O–H groups in total. The van der Waals surface area contributed by atoms with Gasteiger partial charge in [-0.2, -0.15) is 0 Å². The van der Waals surface area contributed by atoms with Crippen molar-refractivity contribution in [2.24, 2.45) is 0 Å². The second-order valence-electron chi connectivity index (χ2n) is 3.65. The highest BCUT2D eigenvalue weighted by Gasteiger charge is 2.18. The maximum atomic E-state index is 6.24. The van der Waals surface area contributed by atoms with E-state index in [-0.39, 0.29) is 6.04 Å². The highest BCUT2D eigenvalue weighted by Crippen LogP contribution is 2.34. The molecule has 1 heterocycles. The molecule has 2 aromatic rings. The molecule has 1 atom stereocenters. The van der Waals surface area contributed by atoms with Gasteiger partial charge in [0.1, 0.15) is 0 Å². The summed E-state index contributed by atoms with van der Waals surface area (Å²) in [7, 11) is 1.90. The van der Waals surface area contributed by atoms with E-state index in [0.717, 1.165) is 15.4 Å². The molecule has 17 heavy (non-hydrogen) atoms. The third kappa shape index (κ3) is 2.63. The summed E-state index contributed by atoms with van der Waals surface area (Å²) in [5, 5.41) is 5.46. The zero-order valence-electron chi connectivity index (χ0n) is 9.50. The van der Waals surface area contributed by atoms with E-state index in [9.17, 15) is 0 Å². The first-order valence-electron chi connectivity index (χ1n) is 5.17. The molecule has 2 rings (SSSR count). The maximum absolute atomic E-state index is 6.24. The summed E-state index contributed by atoms with van der Waals surface area (Å²) in [4.78, 5) is 5.40. The Bertz CT molecular complexity index is 525. The fourth-order valence-corrected chi connectivity index (χ4v) is 3.04. The summed E-state index contributed by atoms with van der Waals surface area (Å²) in [6, 6.07) is 5.71. The number of hydrogen-bond donors (Lipinski definition) is 1. The largest absolute Gasteiger partial charge is 0.309 e. The lowest BCUT2D eigenvalue weighted by Crippen LogP contribution is -2.16. The van der Waals surface area contributed by atoms with Crippen LogP contribution in [-0.2, 0) is 0 Å². The van der Waals surface area contributed by atoms with E-state index in [1.165, 1.54) is 0 Å². The Morgan fingerprint density at radius 3 is 2.71 bits per heavy atom. The van der Waals surface area contributed by atoms with Gasteiger partial charge in [-0.25, -0.2) is 4.98 Å². The quantitative estimate of drug-likeness (QED) is 0.920. The van der Waals surface area contributed by atoms with E-state index in [0.29, 0.717) is 10.0 Å². The van der Waals surface area contributed by atoms with Crippen molar-refractivity contribution in [2.75, 3.05) is 7.05 Å². The fourth-order valence-electron chi connectivity index (χ4n) is 1.71. The molecular weight excluding hydrogens is 275 g/mol. The number of nitrogens with zero attached hydrogens (tertiary/aromatic N) is 1. The third-order valence-corrected chi connectivity index (χ3v) is 4.32. The van der Waals surface area contributed by atoms with Gasteiger partial charge in [0.25, 0.3) is 0 Å². The lowest BCUT2D eigenvalue weighted by Gasteiger charge is -2.16. The Morgan fingerprint density at radius 2 is 2.12 bits per heavy atom. The standard InChI is InChI=1S/C12H12Cl2N2S/c1-7-16-6-10(17-7)12(15-2)8-4-3-5-9(13)11(8)14/h3-6,12,15H,1-2H3. The van der Waals surface area contributed by atoms with Crippen molar-refractivity contribution in [3.05, 3.63) is 49.9 Å². The summed E-state index contributed by atoms with van der Waals surface area (Å²) >= 11 is 13.9. The molecule has 0 aliphatic rings. The molecule has 0 aliphatic heterocycles.